The highest BCUT2D eigenvalue weighted by Crippen LogP contribution is 2.26. The molecule has 1 rings (SSSR count). The number of nitrogens with zero attached hydrogens (tertiary/aromatic N) is 2. The monoisotopic (exact) mass is 238 g/mol. The van der Waals surface area contributed by atoms with Crippen molar-refractivity contribution < 1.29 is 14.5 Å². The summed E-state index contributed by atoms with van der Waals surface area (Å²) in [5.74, 6) is 0. The van der Waals surface area contributed by atoms with Crippen molar-refractivity contribution in [1.82, 2.24) is 0 Å². The molecule has 0 aliphatic rings. The van der Waals surface area contributed by atoms with E-state index in [0.717, 1.165) is 4.90 Å². The summed E-state index contributed by atoms with van der Waals surface area (Å²) in [6.45, 7) is 3.43. The Balaban J connectivity index is 2.99. The first-order valence-corrected chi connectivity index (χ1v) is 5.11. The van der Waals surface area contributed by atoms with E-state index in [0.29, 0.717) is 0 Å². The molecular weight excluding hydrogens is 224 g/mol. The zero-order valence-corrected chi connectivity index (χ0v) is 9.91. The molecule has 0 radical (unpaired) electrons. The van der Waals surface area contributed by atoms with E-state index in [1.165, 1.54) is 19.2 Å². The molecule has 0 aliphatic carbocycles. The van der Waals surface area contributed by atoms with Crippen LogP contribution in [0.5, 0.6) is 0 Å². The van der Waals surface area contributed by atoms with E-state index in [1.54, 1.807) is 26.0 Å². The first kappa shape index (κ1) is 13.0. The number of carbonyl (C=O) groups excluding carboxylic acids is 1. The number of nitro benzene ring substituents is 1. The Kier molecular flexibility index (Phi) is 4.03. The number of anilines is 1. The second-order valence-corrected chi connectivity index (χ2v) is 3.74. The molecule has 0 saturated carbocycles. The average Bonchev–Trinajstić information content (AvgIpc) is 2.27. The molecule has 1 aromatic carbocycles. The minimum Gasteiger partial charge on any atom is -0.446 e. The SMILES string of the molecule is CC(C)OC(=O)N(C)c1ccccc1[N+](=O)[O-]. The number of hydrogen-bond acceptors (Lipinski definition) is 4. The Bertz CT molecular complexity index is 431. The second-order valence-electron chi connectivity index (χ2n) is 3.74. The first-order valence-electron chi connectivity index (χ1n) is 5.11. The van der Waals surface area contributed by atoms with Crippen LogP contribution in [0.25, 0.3) is 0 Å². The van der Waals surface area contributed by atoms with Gasteiger partial charge in [-0.3, -0.25) is 15.0 Å². The summed E-state index contributed by atoms with van der Waals surface area (Å²) in [5.41, 5.74) is 0.0823. The van der Waals surface area contributed by atoms with Gasteiger partial charge in [0.2, 0.25) is 0 Å². The van der Waals surface area contributed by atoms with Crippen molar-refractivity contribution >= 4 is 17.5 Å². The van der Waals surface area contributed by atoms with Crippen LogP contribution in [0.4, 0.5) is 16.2 Å². The summed E-state index contributed by atoms with van der Waals surface area (Å²) >= 11 is 0. The number of hydrogen-bond donors (Lipinski definition) is 0. The molecule has 0 saturated heterocycles. The van der Waals surface area contributed by atoms with Crippen LogP contribution < -0.4 is 4.90 Å². The number of carbonyl (C=O) groups is 1. The van der Waals surface area contributed by atoms with Gasteiger partial charge >= 0.3 is 6.09 Å². The van der Waals surface area contributed by atoms with Gasteiger partial charge < -0.3 is 4.74 Å². The van der Waals surface area contributed by atoms with Gasteiger partial charge in [-0.15, -0.1) is 0 Å². The van der Waals surface area contributed by atoms with Crippen LogP contribution in [-0.2, 0) is 4.74 Å². The van der Waals surface area contributed by atoms with E-state index in [1.807, 2.05) is 0 Å². The Morgan fingerprint density at radius 2 is 2.00 bits per heavy atom. The lowest BCUT2D eigenvalue weighted by molar-refractivity contribution is -0.384. The van der Waals surface area contributed by atoms with Gasteiger partial charge in [0.05, 0.1) is 11.0 Å². The molecule has 0 fully saturated rings. The highest BCUT2D eigenvalue weighted by Gasteiger charge is 2.22. The predicted molar refractivity (Wildman–Crippen MR) is 63.1 cm³/mol. The molecule has 0 spiro atoms. The average molecular weight is 238 g/mol. The molecule has 0 unspecified atom stereocenters. The van der Waals surface area contributed by atoms with Crippen LogP contribution in [0.15, 0.2) is 24.3 Å². The number of ether oxygens (including phenoxy) is 1. The van der Waals surface area contributed by atoms with Crippen molar-refractivity contribution in [3.05, 3.63) is 34.4 Å². The molecule has 0 aliphatic heterocycles. The van der Waals surface area contributed by atoms with Gasteiger partial charge in [-0.1, -0.05) is 12.1 Å². The lowest BCUT2D eigenvalue weighted by Crippen LogP contribution is -2.29. The highest BCUT2D eigenvalue weighted by molar-refractivity contribution is 5.90. The maximum Gasteiger partial charge on any atom is 0.414 e. The van der Waals surface area contributed by atoms with Crippen LogP contribution in [0.1, 0.15) is 13.8 Å². The van der Waals surface area contributed by atoms with Gasteiger partial charge in [0.25, 0.3) is 5.69 Å². The lowest BCUT2D eigenvalue weighted by Gasteiger charge is -2.18. The lowest BCUT2D eigenvalue weighted by atomic mass is 10.2. The smallest absolute Gasteiger partial charge is 0.414 e. The first-order chi connectivity index (χ1) is 7.93. The number of rotatable bonds is 3. The van der Waals surface area contributed by atoms with Crippen LogP contribution in [-0.4, -0.2) is 24.2 Å². The molecule has 0 bridgehead atoms. The number of amides is 1. The zero-order chi connectivity index (χ0) is 13.0. The summed E-state index contributed by atoms with van der Waals surface area (Å²) < 4.78 is 4.97. The van der Waals surface area contributed by atoms with Crippen molar-refractivity contribution in [2.45, 2.75) is 20.0 Å². The van der Waals surface area contributed by atoms with Crippen molar-refractivity contribution in [3.8, 4) is 0 Å². The maximum atomic E-state index is 11.6. The van der Waals surface area contributed by atoms with E-state index >= 15 is 0 Å². The Hall–Kier alpha value is -2.11. The summed E-state index contributed by atoms with van der Waals surface area (Å²) in [4.78, 5) is 23.0. The maximum absolute atomic E-state index is 11.6. The molecule has 0 N–H and O–H groups in total. The standard InChI is InChI=1S/C11H14N2O4/c1-8(2)17-11(14)12(3)9-6-4-5-7-10(9)13(15)16/h4-8H,1-3H3. The molecule has 1 amide bonds. The Labute approximate surface area is 98.9 Å². The van der Waals surface area contributed by atoms with Crippen LogP contribution in [0.3, 0.4) is 0 Å². The third-order valence-electron chi connectivity index (χ3n) is 2.05. The largest absolute Gasteiger partial charge is 0.446 e. The summed E-state index contributed by atoms with van der Waals surface area (Å²) in [5, 5.41) is 10.8. The molecule has 1 aromatic rings. The molecule has 0 aromatic heterocycles. The quantitative estimate of drug-likeness (QED) is 0.599. The molecule has 0 atom stereocenters. The third kappa shape index (κ3) is 3.17. The van der Waals surface area contributed by atoms with Gasteiger partial charge in [0, 0.05) is 13.1 Å². The number of benzene rings is 1. The molecule has 0 heterocycles. The third-order valence-corrected chi connectivity index (χ3v) is 2.05. The van der Waals surface area contributed by atoms with Crippen LogP contribution >= 0.6 is 0 Å². The molecule has 6 nitrogen and oxygen atoms in total. The number of nitro groups is 1. The van der Waals surface area contributed by atoms with Crippen LogP contribution in [0.2, 0.25) is 0 Å². The van der Waals surface area contributed by atoms with Crippen molar-refractivity contribution in [2.24, 2.45) is 0 Å². The van der Waals surface area contributed by atoms with E-state index < -0.39 is 11.0 Å². The van der Waals surface area contributed by atoms with E-state index in [9.17, 15) is 14.9 Å². The summed E-state index contributed by atoms with van der Waals surface area (Å²) in [7, 11) is 1.44. The summed E-state index contributed by atoms with van der Waals surface area (Å²) in [6.07, 6.45) is -0.887. The minimum absolute atomic E-state index is 0.129. The second kappa shape index (κ2) is 5.29. The fourth-order valence-electron chi connectivity index (χ4n) is 1.28. The molecule has 6 heteroatoms. The predicted octanol–water partition coefficient (Wildman–Crippen LogP) is 2.58. The Morgan fingerprint density at radius 1 is 1.41 bits per heavy atom. The topological polar surface area (TPSA) is 72.7 Å². The normalized spacial score (nSPS) is 10.1. The molecule has 17 heavy (non-hydrogen) atoms. The minimum atomic E-state index is -0.616. The zero-order valence-electron chi connectivity index (χ0n) is 9.91. The van der Waals surface area contributed by atoms with Gasteiger partial charge in [-0.25, -0.2) is 4.79 Å². The summed E-state index contributed by atoms with van der Waals surface area (Å²) in [6, 6.07) is 6.01. The fraction of sp³-hybridized carbons (Fsp3) is 0.364. The van der Waals surface area contributed by atoms with Gasteiger partial charge in [0.1, 0.15) is 5.69 Å². The molecular formula is C11H14N2O4. The van der Waals surface area contributed by atoms with E-state index in [2.05, 4.69) is 0 Å². The van der Waals surface area contributed by atoms with E-state index in [4.69, 9.17) is 4.74 Å². The molecule has 92 valence electrons. The van der Waals surface area contributed by atoms with E-state index in [-0.39, 0.29) is 17.5 Å². The fourth-order valence-corrected chi connectivity index (χ4v) is 1.28. The van der Waals surface area contributed by atoms with Crippen molar-refractivity contribution in [1.29, 1.82) is 0 Å². The van der Waals surface area contributed by atoms with Crippen LogP contribution in [0, 0.1) is 10.1 Å². The highest BCUT2D eigenvalue weighted by atomic mass is 16.6. The number of para-hydroxylation sites is 2. The van der Waals surface area contributed by atoms with Crippen molar-refractivity contribution in [2.75, 3.05) is 11.9 Å². The van der Waals surface area contributed by atoms with Gasteiger partial charge in [-0.2, -0.15) is 0 Å². The van der Waals surface area contributed by atoms with Crippen molar-refractivity contribution in [3.63, 3.8) is 0 Å². The van der Waals surface area contributed by atoms with Gasteiger partial charge in [-0.05, 0) is 19.9 Å². The Morgan fingerprint density at radius 3 is 2.53 bits per heavy atom. The van der Waals surface area contributed by atoms with Gasteiger partial charge in [0.15, 0.2) is 0 Å².